The molecule has 6 heteroatoms. The summed E-state index contributed by atoms with van der Waals surface area (Å²) in [7, 11) is 0. The van der Waals surface area contributed by atoms with Crippen LogP contribution in [0.3, 0.4) is 0 Å². The van der Waals surface area contributed by atoms with Crippen LogP contribution >= 0.6 is 0 Å². The van der Waals surface area contributed by atoms with Crippen LogP contribution in [0.5, 0.6) is 0 Å². The first-order chi connectivity index (χ1) is 11.7. The van der Waals surface area contributed by atoms with E-state index >= 15 is 0 Å². The standard InChI is InChI=1S/C18H24N4O2/c1-18(6-3-12-24-18)17(23)22(14-16-5-2-7-19-13-16)10-4-9-21-11-8-20-15-21/h2,5,7-8,11,13,15H,3-4,6,9-10,12,14H2,1H3/t18-/m0/s1. The van der Waals surface area contributed by atoms with Crippen LogP contribution in [0, 0.1) is 0 Å². The number of hydrogen-bond acceptors (Lipinski definition) is 4. The average Bonchev–Trinajstić information content (AvgIpc) is 3.27. The number of hydrogen-bond donors (Lipinski definition) is 0. The SMILES string of the molecule is C[C@@]1(C(=O)N(CCCn2ccnc2)Cc2cccnc2)CCCO1. The van der Waals surface area contributed by atoms with Gasteiger partial charge in [0.25, 0.3) is 5.91 Å². The molecule has 0 N–H and O–H groups in total. The summed E-state index contributed by atoms with van der Waals surface area (Å²) < 4.78 is 7.78. The van der Waals surface area contributed by atoms with Crippen molar-refractivity contribution in [3.63, 3.8) is 0 Å². The van der Waals surface area contributed by atoms with E-state index in [1.807, 2.05) is 40.9 Å². The number of imidazole rings is 1. The van der Waals surface area contributed by atoms with Gasteiger partial charge in [0.1, 0.15) is 5.60 Å². The van der Waals surface area contributed by atoms with E-state index in [-0.39, 0.29) is 5.91 Å². The third kappa shape index (κ3) is 4.00. The molecule has 6 nitrogen and oxygen atoms in total. The van der Waals surface area contributed by atoms with Crippen LogP contribution in [0.2, 0.25) is 0 Å². The number of rotatable bonds is 7. The predicted octanol–water partition coefficient (Wildman–Crippen LogP) is 2.27. The molecule has 1 fully saturated rings. The van der Waals surface area contributed by atoms with Crippen molar-refractivity contribution < 1.29 is 9.53 Å². The minimum Gasteiger partial charge on any atom is -0.365 e. The van der Waals surface area contributed by atoms with E-state index in [0.717, 1.165) is 31.4 Å². The Morgan fingerprint density at radius 3 is 3.00 bits per heavy atom. The maximum atomic E-state index is 13.0. The maximum absolute atomic E-state index is 13.0. The van der Waals surface area contributed by atoms with Crippen LogP contribution in [-0.4, -0.2) is 44.1 Å². The zero-order chi connectivity index (χ0) is 16.8. The number of nitrogens with zero attached hydrogens (tertiary/aromatic N) is 4. The van der Waals surface area contributed by atoms with Gasteiger partial charge in [0.2, 0.25) is 0 Å². The molecule has 1 aliphatic heterocycles. The molecule has 0 spiro atoms. The topological polar surface area (TPSA) is 60.2 Å². The number of aromatic nitrogens is 3. The summed E-state index contributed by atoms with van der Waals surface area (Å²) in [4.78, 5) is 23.1. The molecular weight excluding hydrogens is 304 g/mol. The number of pyridine rings is 1. The Balaban J connectivity index is 1.66. The minimum absolute atomic E-state index is 0.0782. The number of aryl methyl sites for hydroxylation is 1. The Kier molecular flexibility index (Phi) is 5.25. The summed E-state index contributed by atoms with van der Waals surface area (Å²) in [5.74, 6) is 0.0782. The fraction of sp³-hybridized carbons (Fsp3) is 0.500. The van der Waals surface area contributed by atoms with Gasteiger partial charge in [0.05, 0.1) is 6.33 Å². The summed E-state index contributed by atoms with van der Waals surface area (Å²) >= 11 is 0. The number of carbonyl (C=O) groups excluding carboxylic acids is 1. The van der Waals surface area contributed by atoms with Crippen molar-refractivity contribution in [3.05, 3.63) is 48.8 Å². The van der Waals surface area contributed by atoms with Gasteiger partial charge in [0.15, 0.2) is 0 Å². The molecule has 0 aromatic carbocycles. The molecule has 0 saturated carbocycles. The zero-order valence-electron chi connectivity index (χ0n) is 14.1. The van der Waals surface area contributed by atoms with Gasteiger partial charge in [0, 0.05) is 51.0 Å². The first-order valence-corrected chi connectivity index (χ1v) is 8.45. The molecule has 2 aromatic rings. The van der Waals surface area contributed by atoms with E-state index in [0.29, 0.717) is 19.7 Å². The summed E-state index contributed by atoms with van der Waals surface area (Å²) in [5.41, 5.74) is 0.354. The minimum atomic E-state index is -0.683. The predicted molar refractivity (Wildman–Crippen MR) is 90.1 cm³/mol. The van der Waals surface area contributed by atoms with Crippen LogP contribution < -0.4 is 0 Å². The molecule has 0 radical (unpaired) electrons. The summed E-state index contributed by atoms with van der Waals surface area (Å²) in [6.07, 6.45) is 11.7. The van der Waals surface area contributed by atoms with Crippen molar-refractivity contribution in [2.75, 3.05) is 13.2 Å². The van der Waals surface area contributed by atoms with Crippen LogP contribution in [0.15, 0.2) is 43.2 Å². The van der Waals surface area contributed by atoms with Gasteiger partial charge in [-0.1, -0.05) is 6.07 Å². The van der Waals surface area contributed by atoms with Crippen LogP contribution in [0.1, 0.15) is 31.7 Å². The summed E-state index contributed by atoms with van der Waals surface area (Å²) in [5, 5.41) is 0. The lowest BCUT2D eigenvalue weighted by atomic mass is 10.0. The molecule has 128 valence electrons. The van der Waals surface area contributed by atoms with E-state index in [9.17, 15) is 4.79 Å². The molecule has 2 aromatic heterocycles. The summed E-state index contributed by atoms with van der Waals surface area (Å²) in [6.45, 7) is 4.67. The lowest BCUT2D eigenvalue weighted by Gasteiger charge is -2.31. The van der Waals surface area contributed by atoms with Crippen LogP contribution in [0.4, 0.5) is 0 Å². The van der Waals surface area contributed by atoms with Crippen molar-refractivity contribution in [2.45, 2.75) is 44.9 Å². The normalized spacial score (nSPS) is 20.2. The molecule has 1 atom stereocenters. The van der Waals surface area contributed by atoms with Gasteiger partial charge in [-0.2, -0.15) is 0 Å². The summed E-state index contributed by atoms with van der Waals surface area (Å²) in [6, 6.07) is 3.90. The highest BCUT2D eigenvalue weighted by Crippen LogP contribution is 2.28. The van der Waals surface area contributed by atoms with E-state index < -0.39 is 5.60 Å². The monoisotopic (exact) mass is 328 g/mol. The molecule has 0 bridgehead atoms. The Morgan fingerprint density at radius 1 is 1.42 bits per heavy atom. The highest BCUT2D eigenvalue weighted by atomic mass is 16.5. The van der Waals surface area contributed by atoms with Gasteiger partial charge in [-0.05, 0) is 37.8 Å². The number of carbonyl (C=O) groups is 1. The third-order valence-electron chi connectivity index (χ3n) is 4.46. The Hall–Kier alpha value is -2.21. The molecule has 1 aliphatic rings. The van der Waals surface area contributed by atoms with Crippen molar-refractivity contribution >= 4 is 5.91 Å². The van der Waals surface area contributed by atoms with E-state index in [4.69, 9.17) is 4.74 Å². The van der Waals surface area contributed by atoms with Gasteiger partial charge in [-0.15, -0.1) is 0 Å². The van der Waals surface area contributed by atoms with Crippen molar-refractivity contribution in [2.24, 2.45) is 0 Å². The third-order valence-corrected chi connectivity index (χ3v) is 4.46. The Morgan fingerprint density at radius 2 is 2.33 bits per heavy atom. The molecule has 1 saturated heterocycles. The Labute approximate surface area is 142 Å². The second kappa shape index (κ2) is 7.57. The largest absolute Gasteiger partial charge is 0.365 e. The number of ether oxygens (including phenoxy) is 1. The molecule has 0 aliphatic carbocycles. The van der Waals surface area contributed by atoms with Crippen LogP contribution in [-0.2, 0) is 22.6 Å². The smallest absolute Gasteiger partial charge is 0.254 e. The van der Waals surface area contributed by atoms with Gasteiger partial charge in [-0.3, -0.25) is 9.78 Å². The quantitative estimate of drug-likeness (QED) is 0.782. The average molecular weight is 328 g/mol. The second-order valence-electron chi connectivity index (χ2n) is 6.42. The lowest BCUT2D eigenvalue weighted by Crippen LogP contribution is -2.47. The molecule has 3 heterocycles. The second-order valence-corrected chi connectivity index (χ2v) is 6.42. The maximum Gasteiger partial charge on any atom is 0.254 e. The van der Waals surface area contributed by atoms with E-state index in [1.165, 1.54) is 0 Å². The fourth-order valence-electron chi connectivity index (χ4n) is 3.11. The van der Waals surface area contributed by atoms with Crippen molar-refractivity contribution in [1.29, 1.82) is 0 Å². The van der Waals surface area contributed by atoms with Crippen molar-refractivity contribution in [3.8, 4) is 0 Å². The Bertz CT molecular complexity index is 636. The molecular formula is C18H24N4O2. The van der Waals surface area contributed by atoms with Crippen molar-refractivity contribution in [1.82, 2.24) is 19.4 Å². The highest BCUT2D eigenvalue weighted by molar-refractivity contribution is 5.85. The fourth-order valence-corrected chi connectivity index (χ4v) is 3.11. The molecule has 24 heavy (non-hydrogen) atoms. The molecule has 0 unspecified atom stereocenters. The molecule has 1 amide bonds. The van der Waals surface area contributed by atoms with E-state index in [2.05, 4.69) is 9.97 Å². The number of amides is 1. The van der Waals surface area contributed by atoms with Gasteiger partial charge in [-0.25, -0.2) is 4.98 Å². The van der Waals surface area contributed by atoms with E-state index in [1.54, 1.807) is 18.7 Å². The first-order valence-electron chi connectivity index (χ1n) is 8.45. The first kappa shape index (κ1) is 16.6. The highest BCUT2D eigenvalue weighted by Gasteiger charge is 2.40. The lowest BCUT2D eigenvalue weighted by molar-refractivity contribution is -0.151. The van der Waals surface area contributed by atoms with Crippen LogP contribution in [0.25, 0.3) is 0 Å². The zero-order valence-corrected chi connectivity index (χ0v) is 14.1. The molecule has 3 rings (SSSR count). The van der Waals surface area contributed by atoms with Gasteiger partial charge >= 0.3 is 0 Å². The van der Waals surface area contributed by atoms with Gasteiger partial charge < -0.3 is 14.2 Å².